The average Bonchev–Trinajstić information content (AvgIpc) is 3.08. The van der Waals surface area contributed by atoms with Crippen LogP contribution in [0.5, 0.6) is 0 Å². The average molecular weight is 370 g/mol. The number of para-hydroxylation sites is 1. The van der Waals surface area contributed by atoms with Gasteiger partial charge in [-0.25, -0.2) is 13.1 Å². The SMILES string of the molecule is Cc1ccc(NC(=O)c2ccn(-c3ccccc3)n2)cc1NS(C)(=O)=O. The highest BCUT2D eigenvalue weighted by Gasteiger charge is 2.12. The molecule has 1 heterocycles. The van der Waals surface area contributed by atoms with E-state index in [0.29, 0.717) is 11.4 Å². The maximum Gasteiger partial charge on any atom is 0.276 e. The maximum atomic E-state index is 12.4. The molecule has 2 aromatic carbocycles. The van der Waals surface area contributed by atoms with Crippen LogP contribution in [0.4, 0.5) is 11.4 Å². The highest BCUT2D eigenvalue weighted by Crippen LogP contribution is 2.21. The standard InChI is InChI=1S/C18H18N4O3S/c1-13-8-9-14(12-17(13)21-26(2,24)25)19-18(23)16-10-11-22(20-16)15-6-4-3-5-7-15/h3-12,21H,1-2H3,(H,19,23). The first-order valence-corrected chi connectivity index (χ1v) is 9.72. The van der Waals surface area contributed by atoms with E-state index >= 15 is 0 Å². The van der Waals surface area contributed by atoms with Gasteiger partial charge in [0.25, 0.3) is 5.91 Å². The van der Waals surface area contributed by atoms with Crippen LogP contribution < -0.4 is 10.0 Å². The van der Waals surface area contributed by atoms with Crippen molar-refractivity contribution in [3.8, 4) is 5.69 Å². The molecule has 0 unspecified atom stereocenters. The molecule has 0 radical (unpaired) electrons. The number of anilines is 2. The first kappa shape index (κ1) is 17.7. The predicted molar refractivity (Wildman–Crippen MR) is 101 cm³/mol. The van der Waals surface area contributed by atoms with E-state index in [9.17, 15) is 13.2 Å². The lowest BCUT2D eigenvalue weighted by atomic mass is 10.2. The van der Waals surface area contributed by atoms with Crippen molar-refractivity contribution >= 4 is 27.3 Å². The van der Waals surface area contributed by atoms with Gasteiger partial charge in [0, 0.05) is 11.9 Å². The molecular formula is C18H18N4O3S. The van der Waals surface area contributed by atoms with Crippen molar-refractivity contribution in [3.05, 3.63) is 72.1 Å². The van der Waals surface area contributed by atoms with E-state index in [2.05, 4.69) is 15.1 Å². The number of sulfonamides is 1. The van der Waals surface area contributed by atoms with Crippen molar-refractivity contribution in [2.45, 2.75) is 6.92 Å². The molecule has 0 saturated heterocycles. The number of nitrogens with one attached hydrogen (secondary N) is 2. The second kappa shape index (κ2) is 7.01. The van der Waals surface area contributed by atoms with E-state index in [4.69, 9.17) is 0 Å². The maximum absolute atomic E-state index is 12.4. The molecule has 134 valence electrons. The van der Waals surface area contributed by atoms with Crippen molar-refractivity contribution in [1.82, 2.24) is 9.78 Å². The number of amides is 1. The summed E-state index contributed by atoms with van der Waals surface area (Å²) >= 11 is 0. The Morgan fingerprint density at radius 1 is 1.08 bits per heavy atom. The molecule has 0 atom stereocenters. The molecular weight excluding hydrogens is 352 g/mol. The summed E-state index contributed by atoms with van der Waals surface area (Å²) in [6.07, 6.45) is 2.78. The van der Waals surface area contributed by atoms with E-state index in [1.807, 2.05) is 30.3 Å². The fraction of sp³-hybridized carbons (Fsp3) is 0.111. The Labute approximate surface area is 151 Å². The van der Waals surface area contributed by atoms with Crippen LogP contribution >= 0.6 is 0 Å². The Morgan fingerprint density at radius 3 is 2.50 bits per heavy atom. The number of hydrogen-bond donors (Lipinski definition) is 2. The minimum absolute atomic E-state index is 0.257. The molecule has 0 aliphatic rings. The summed E-state index contributed by atoms with van der Waals surface area (Å²) in [7, 11) is -3.40. The van der Waals surface area contributed by atoms with E-state index in [-0.39, 0.29) is 11.6 Å². The summed E-state index contributed by atoms with van der Waals surface area (Å²) in [5.41, 5.74) is 2.75. The van der Waals surface area contributed by atoms with Gasteiger partial charge in [0.2, 0.25) is 10.0 Å². The predicted octanol–water partition coefficient (Wildman–Crippen LogP) is 2.80. The molecule has 8 heteroatoms. The largest absolute Gasteiger partial charge is 0.321 e. The Balaban J connectivity index is 1.78. The van der Waals surface area contributed by atoms with Crippen LogP contribution in [0, 0.1) is 6.92 Å². The molecule has 0 fully saturated rings. The fourth-order valence-corrected chi connectivity index (χ4v) is 2.99. The summed E-state index contributed by atoms with van der Waals surface area (Å²) in [6.45, 7) is 1.78. The first-order chi connectivity index (χ1) is 12.3. The lowest BCUT2D eigenvalue weighted by Crippen LogP contribution is -2.14. The first-order valence-electron chi connectivity index (χ1n) is 7.83. The number of rotatable bonds is 5. The van der Waals surface area contributed by atoms with Crippen LogP contribution in [0.3, 0.4) is 0 Å². The van der Waals surface area contributed by atoms with Crippen molar-refractivity contribution < 1.29 is 13.2 Å². The van der Waals surface area contributed by atoms with Crippen molar-refractivity contribution in [3.63, 3.8) is 0 Å². The summed E-state index contributed by atoms with van der Waals surface area (Å²) in [5.74, 6) is -0.381. The zero-order chi connectivity index (χ0) is 18.7. The number of benzene rings is 2. The van der Waals surface area contributed by atoms with Crippen molar-refractivity contribution in [2.75, 3.05) is 16.3 Å². The van der Waals surface area contributed by atoms with Crippen molar-refractivity contribution in [1.29, 1.82) is 0 Å². The van der Waals surface area contributed by atoms with Crippen LogP contribution in [-0.2, 0) is 10.0 Å². The topological polar surface area (TPSA) is 93.1 Å². The van der Waals surface area contributed by atoms with Gasteiger partial charge in [-0.3, -0.25) is 9.52 Å². The fourth-order valence-electron chi connectivity index (χ4n) is 2.37. The summed E-state index contributed by atoms with van der Waals surface area (Å²) in [6, 6.07) is 16.1. The Kier molecular flexibility index (Phi) is 4.77. The molecule has 3 rings (SSSR count). The molecule has 26 heavy (non-hydrogen) atoms. The second-order valence-electron chi connectivity index (χ2n) is 5.84. The van der Waals surface area contributed by atoms with Gasteiger partial charge in [-0.2, -0.15) is 5.10 Å². The van der Waals surface area contributed by atoms with Crippen LogP contribution in [0.2, 0.25) is 0 Å². The second-order valence-corrected chi connectivity index (χ2v) is 7.59. The van der Waals surface area contributed by atoms with Crippen molar-refractivity contribution in [2.24, 2.45) is 0 Å². The monoisotopic (exact) mass is 370 g/mol. The number of hydrogen-bond acceptors (Lipinski definition) is 4. The van der Waals surface area contributed by atoms with Gasteiger partial charge in [-0.05, 0) is 42.8 Å². The van der Waals surface area contributed by atoms with Gasteiger partial charge in [-0.1, -0.05) is 24.3 Å². The number of carbonyl (C=O) groups is 1. The highest BCUT2D eigenvalue weighted by atomic mass is 32.2. The van der Waals surface area contributed by atoms with E-state index in [1.54, 1.807) is 42.1 Å². The third-order valence-corrected chi connectivity index (χ3v) is 4.22. The normalized spacial score (nSPS) is 11.2. The third kappa shape index (κ3) is 4.28. The molecule has 0 aliphatic carbocycles. The highest BCUT2D eigenvalue weighted by molar-refractivity contribution is 7.92. The molecule has 3 aromatic rings. The van der Waals surface area contributed by atoms with Gasteiger partial charge in [0.05, 0.1) is 17.6 Å². The lowest BCUT2D eigenvalue weighted by Gasteiger charge is -2.10. The molecule has 0 spiro atoms. The Morgan fingerprint density at radius 2 is 1.81 bits per heavy atom. The molecule has 2 N–H and O–H groups in total. The van der Waals surface area contributed by atoms with Gasteiger partial charge in [0.1, 0.15) is 0 Å². The van der Waals surface area contributed by atoms with E-state index in [0.717, 1.165) is 17.5 Å². The van der Waals surface area contributed by atoms with Gasteiger partial charge in [0.15, 0.2) is 5.69 Å². The van der Waals surface area contributed by atoms with Gasteiger partial charge in [-0.15, -0.1) is 0 Å². The van der Waals surface area contributed by atoms with E-state index in [1.165, 1.54) is 0 Å². The van der Waals surface area contributed by atoms with Gasteiger partial charge >= 0.3 is 0 Å². The lowest BCUT2D eigenvalue weighted by molar-refractivity contribution is 0.102. The van der Waals surface area contributed by atoms with E-state index < -0.39 is 10.0 Å². The number of nitrogens with zero attached hydrogens (tertiary/aromatic N) is 2. The Hall–Kier alpha value is -3.13. The smallest absolute Gasteiger partial charge is 0.276 e. The van der Waals surface area contributed by atoms with Crippen LogP contribution in [0.15, 0.2) is 60.8 Å². The summed E-state index contributed by atoms with van der Waals surface area (Å²) < 4.78 is 26.9. The minimum Gasteiger partial charge on any atom is -0.321 e. The minimum atomic E-state index is -3.40. The van der Waals surface area contributed by atoms with Crippen LogP contribution in [0.1, 0.15) is 16.1 Å². The van der Waals surface area contributed by atoms with Gasteiger partial charge < -0.3 is 5.32 Å². The Bertz CT molecular complexity index is 1040. The quantitative estimate of drug-likeness (QED) is 0.722. The van der Waals surface area contributed by atoms with Crippen LogP contribution in [-0.4, -0.2) is 30.4 Å². The van der Waals surface area contributed by atoms with Crippen LogP contribution in [0.25, 0.3) is 5.69 Å². The number of carbonyl (C=O) groups excluding carboxylic acids is 1. The number of aryl methyl sites for hydroxylation is 1. The molecule has 0 aliphatic heterocycles. The zero-order valence-electron chi connectivity index (χ0n) is 14.3. The summed E-state index contributed by atoms with van der Waals surface area (Å²) in [5, 5.41) is 7.00. The molecule has 0 saturated carbocycles. The number of aromatic nitrogens is 2. The molecule has 0 bridgehead atoms. The molecule has 1 aromatic heterocycles. The third-order valence-electron chi connectivity index (χ3n) is 3.63. The molecule has 1 amide bonds. The summed E-state index contributed by atoms with van der Waals surface area (Å²) in [4.78, 5) is 12.4. The molecule has 7 nitrogen and oxygen atoms in total. The zero-order valence-corrected chi connectivity index (χ0v) is 15.1.